The normalized spacial score (nSPS) is 10.6. The van der Waals surface area contributed by atoms with Crippen molar-refractivity contribution >= 4 is 34.7 Å². The van der Waals surface area contributed by atoms with Gasteiger partial charge in [0.2, 0.25) is 0 Å². The third-order valence-electron chi connectivity index (χ3n) is 4.42. The standard InChI is InChI=1S/C22H18N4O4S/c27-20(24-11-17-7-4-10-31-17)16-8-9-19-23-12-18(21(28)26(19)13-16)25-22(29)30-14-15-5-2-1-3-6-15/h1-10,12-13H,11,14H2,(H,24,27)(H,25,29). The summed E-state index contributed by atoms with van der Waals surface area (Å²) in [5, 5.41) is 7.15. The van der Waals surface area contributed by atoms with E-state index in [1.807, 2.05) is 47.8 Å². The lowest BCUT2D eigenvalue weighted by Gasteiger charge is -2.09. The first-order chi connectivity index (χ1) is 15.1. The average molecular weight is 434 g/mol. The van der Waals surface area contributed by atoms with Gasteiger partial charge in [-0.05, 0) is 29.1 Å². The fourth-order valence-corrected chi connectivity index (χ4v) is 3.49. The van der Waals surface area contributed by atoms with Crippen LogP contribution in [-0.4, -0.2) is 21.4 Å². The average Bonchev–Trinajstić information content (AvgIpc) is 3.32. The van der Waals surface area contributed by atoms with Crippen LogP contribution in [0.4, 0.5) is 10.5 Å². The van der Waals surface area contributed by atoms with E-state index in [0.717, 1.165) is 10.4 Å². The van der Waals surface area contributed by atoms with Gasteiger partial charge in [-0.1, -0.05) is 36.4 Å². The topological polar surface area (TPSA) is 102 Å². The number of amides is 2. The van der Waals surface area contributed by atoms with Crippen molar-refractivity contribution in [1.82, 2.24) is 14.7 Å². The Kier molecular flexibility index (Phi) is 6.04. The van der Waals surface area contributed by atoms with E-state index < -0.39 is 11.7 Å². The number of hydrogen-bond donors (Lipinski definition) is 2. The van der Waals surface area contributed by atoms with Gasteiger partial charge in [0.25, 0.3) is 11.5 Å². The van der Waals surface area contributed by atoms with E-state index >= 15 is 0 Å². The van der Waals surface area contributed by atoms with Crippen LogP contribution in [0.3, 0.4) is 0 Å². The van der Waals surface area contributed by atoms with Gasteiger partial charge in [-0.2, -0.15) is 0 Å². The van der Waals surface area contributed by atoms with Gasteiger partial charge in [-0.3, -0.25) is 19.3 Å². The van der Waals surface area contributed by atoms with Gasteiger partial charge in [0.1, 0.15) is 17.9 Å². The van der Waals surface area contributed by atoms with Crippen LogP contribution >= 0.6 is 11.3 Å². The predicted octanol–water partition coefficient (Wildman–Crippen LogP) is 3.43. The van der Waals surface area contributed by atoms with E-state index in [9.17, 15) is 14.4 Å². The first-order valence-electron chi connectivity index (χ1n) is 9.40. The quantitative estimate of drug-likeness (QED) is 0.484. The number of pyridine rings is 1. The third kappa shape index (κ3) is 4.96. The van der Waals surface area contributed by atoms with Crippen LogP contribution < -0.4 is 16.2 Å². The van der Waals surface area contributed by atoms with Crippen LogP contribution in [0.1, 0.15) is 20.8 Å². The van der Waals surface area contributed by atoms with Gasteiger partial charge in [-0.25, -0.2) is 9.78 Å². The summed E-state index contributed by atoms with van der Waals surface area (Å²) in [6.45, 7) is 0.472. The number of aromatic nitrogens is 2. The molecule has 0 unspecified atom stereocenters. The number of benzene rings is 1. The highest BCUT2D eigenvalue weighted by molar-refractivity contribution is 7.09. The maximum atomic E-state index is 12.8. The van der Waals surface area contributed by atoms with Crippen molar-refractivity contribution in [2.75, 3.05) is 5.32 Å². The lowest BCUT2D eigenvalue weighted by atomic mass is 10.2. The number of rotatable bonds is 6. The number of carbonyl (C=O) groups is 2. The molecule has 4 rings (SSSR count). The maximum Gasteiger partial charge on any atom is 0.412 e. The number of nitrogens with zero attached hydrogens (tertiary/aromatic N) is 2. The zero-order chi connectivity index (χ0) is 21.6. The van der Waals surface area contributed by atoms with Crippen molar-refractivity contribution in [1.29, 1.82) is 0 Å². The molecule has 0 saturated carbocycles. The lowest BCUT2D eigenvalue weighted by molar-refractivity contribution is 0.0950. The molecular formula is C22H18N4O4S. The highest BCUT2D eigenvalue weighted by Gasteiger charge is 2.12. The van der Waals surface area contributed by atoms with Crippen molar-refractivity contribution in [3.8, 4) is 0 Å². The monoisotopic (exact) mass is 434 g/mol. The largest absolute Gasteiger partial charge is 0.444 e. The van der Waals surface area contributed by atoms with Crippen LogP contribution in [0.25, 0.3) is 5.65 Å². The Morgan fingerprint density at radius 3 is 2.68 bits per heavy atom. The molecule has 8 nitrogen and oxygen atoms in total. The summed E-state index contributed by atoms with van der Waals surface area (Å²) in [7, 11) is 0. The van der Waals surface area contributed by atoms with Gasteiger partial charge in [-0.15, -0.1) is 11.3 Å². The fourth-order valence-electron chi connectivity index (χ4n) is 2.85. The van der Waals surface area contributed by atoms with Gasteiger partial charge < -0.3 is 10.1 Å². The number of ether oxygens (including phenoxy) is 1. The molecular weight excluding hydrogens is 416 g/mol. The molecule has 0 saturated heterocycles. The molecule has 0 aliphatic heterocycles. The molecule has 4 aromatic rings. The summed E-state index contributed by atoms with van der Waals surface area (Å²) in [5.74, 6) is -0.317. The minimum atomic E-state index is -0.771. The van der Waals surface area contributed by atoms with E-state index in [1.54, 1.807) is 23.5 Å². The molecule has 3 aromatic heterocycles. The van der Waals surface area contributed by atoms with Gasteiger partial charge in [0, 0.05) is 11.1 Å². The summed E-state index contributed by atoms with van der Waals surface area (Å²) in [5.41, 5.74) is 0.908. The SMILES string of the molecule is O=C(Nc1cnc2ccc(C(=O)NCc3cccs3)cn2c1=O)OCc1ccccc1. The highest BCUT2D eigenvalue weighted by Crippen LogP contribution is 2.10. The molecule has 1 aromatic carbocycles. The molecule has 0 bridgehead atoms. The number of fused-ring (bicyclic) bond motifs is 1. The van der Waals surface area contributed by atoms with E-state index in [2.05, 4.69) is 15.6 Å². The molecule has 2 amide bonds. The highest BCUT2D eigenvalue weighted by atomic mass is 32.1. The Morgan fingerprint density at radius 1 is 1.06 bits per heavy atom. The zero-order valence-electron chi connectivity index (χ0n) is 16.3. The van der Waals surface area contributed by atoms with E-state index in [-0.39, 0.29) is 18.2 Å². The second-order valence-corrected chi connectivity index (χ2v) is 7.60. The molecule has 9 heteroatoms. The van der Waals surface area contributed by atoms with Gasteiger partial charge in [0.05, 0.1) is 18.3 Å². The fraction of sp³-hybridized carbons (Fsp3) is 0.0909. The number of hydrogen-bond acceptors (Lipinski definition) is 6. The number of anilines is 1. The molecule has 0 atom stereocenters. The van der Waals surface area contributed by atoms with Crippen molar-refractivity contribution < 1.29 is 14.3 Å². The van der Waals surface area contributed by atoms with Crippen molar-refractivity contribution in [3.05, 3.63) is 98.7 Å². The Labute approximate surface area is 181 Å². The van der Waals surface area contributed by atoms with E-state index in [0.29, 0.717) is 17.8 Å². The Bertz CT molecular complexity index is 1270. The van der Waals surface area contributed by atoms with E-state index in [4.69, 9.17) is 4.74 Å². The lowest BCUT2D eigenvalue weighted by Crippen LogP contribution is -2.26. The molecule has 156 valence electrons. The second-order valence-electron chi connectivity index (χ2n) is 6.57. The number of nitrogens with one attached hydrogen (secondary N) is 2. The second kappa shape index (κ2) is 9.23. The zero-order valence-corrected chi connectivity index (χ0v) is 17.1. The number of thiophene rings is 1. The van der Waals surface area contributed by atoms with Crippen molar-refractivity contribution in [3.63, 3.8) is 0 Å². The summed E-state index contributed by atoms with van der Waals surface area (Å²) < 4.78 is 6.35. The molecule has 0 fully saturated rings. The summed E-state index contributed by atoms with van der Waals surface area (Å²) in [6.07, 6.45) is 1.89. The summed E-state index contributed by atoms with van der Waals surface area (Å²) in [4.78, 5) is 42.5. The van der Waals surface area contributed by atoms with Crippen LogP contribution in [0.15, 0.2) is 77.2 Å². The summed E-state index contributed by atoms with van der Waals surface area (Å²) >= 11 is 1.54. The maximum absolute atomic E-state index is 12.8. The molecule has 0 aliphatic carbocycles. The van der Waals surface area contributed by atoms with Crippen LogP contribution in [-0.2, 0) is 17.9 Å². The minimum absolute atomic E-state index is 0.0493. The smallest absolute Gasteiger partial charge is 0.412 e. The molecule has 0 spiro atoms. The third-order valence-corrected chi connectivity index (χ3v) is 5.29. The van der Waals surface area contributed by atoms with Gasteiger partial charge >= 0.3 is 6.09 Å². The van der Waals surface area contributed by atoms with Crippen LogP contribution in [0, 0.1) is 0 Å². The van der Waals surface area contributed by atoms with Crippen molar-refractivity contribution in [2.45, 2.75) is 13.2 Å². The van der Waals surface area contributed by atoms with Gasteiger partial charge in [0.15, 0.2) is 0 Å². The Balaban J connectivity index is 1.47. The molecule has 0 radical (unpaired) electrons. The van der Waals surface area contributed by atoms with Crippen molar-refractivity contribution in [2.24, 2.45) is 0 Å². The van der Waals surface area contributed by atoms with Crippen LogP contribution in [0.2, 0.25) is 0 Å². The molecule has 0 aliphatic rings. The predicted molar refractivity (Wildman–Crippen MR) is 117 cm³/mol. The summed E-state index contributed by atoms with van der Waals surface area (Å²) in [6, 6.07) is 16.2. The molecule has 31 heavy (non-hydrogen) atoms. The first-order valence-corrected chi connectivity index (χ1v) is 10.3. The van der Waals surface area contributed by atoms with E-state index in [1.165, 1.54) is 16.8 Å². The number of carbonyl (C=O) groups excluding carboxylic acids is 2. The Morgan fingerprint density at radius 2 is 1.90 bits per heavy atom. The van der Waals surface area contributed by atoms with Crippen LogP contribution in [0.5, 0.6) is 0 Å². The minimum Gasteiger partial charge on any atom is -0.444 e. The molecule has 2 N–H and O–H groups in total. The first kappa shape index (κ1) is 20.3. The molecule has 3 heterocycles. The Hall–Kier alpha value is -3.98.